The Morgan fingerprint density at radius 1 is 1.38 bits per heavy atom. The van der Waals surface area contributed by atoms with Gasteiger partial charge >= 0.3 is 0 Å². The minimum Gasteiger partial charge on any atom is -0.389 e. The third kappa shape index (κ3) is 5.80. The maximum atomic E-state index is 9.66. The molecular weight excluding hydrogens is 204 g/mol. The van der Waals surface area contributed by atoms with Crippen LogP contribution in [0.3, 0.4) is 0 Å². The van der Waals surface area contributed by atoms with E-state index in [9.17, 15) is 5.11 Å². The standard InChI is InChI=1S/C12H26N2O2/c1-3-16-11-12(15)10-13(2)8-9-14-6-4-5-7-14/h12,15H,3-11H2,1-2H3. The van der Waals surface area contributed by atoms with E-state index in [1.165, 1.54) is 25.9 Å². The van der Waals surface area contributed by atoms with Gasteiger partial charge in [0.2, 0.25) is 0 Å². The average molecular weight is 230 g/mol. The lowest BCUT2D eigenvalue weighted by atomic mass is 10.3. The monoisotopic (exact) mass is 230 g/mol. The van der Waals surface area contributed by atoms with E-state index in [-0.39, 0.29) is 6.10 Å². The van der Waals surface area contributed by atoms with Crippen molar-refractivity contribution in [3.63, 3.8) is 0 Å². The molecule has 1 heterocycles. The Labute approximate surface area is 99.2 Å². The normalized spacial score (nSPS) is 19.5. The van der Waals surface area contributed by atoms with E-state index < -0.39 is 0 Å². The van der Waals surface area contributed by atoms with Gasteiger partial charge in [-0.1, -0.05) is 0 Å². The summed E-state index contributed by atoms with van der Waals surface area (Å²) in [5.74, 6) is 0. The second kappa shape index (κ2) is 8.01. The van der Waals surface area contributed by atoms with Gasteiger partial charge in [0, 0.05) is 26.2 Å². The second-order valence-electron chi connectivity index (χ2n) is 4.62. The molecule has 0 spiro atoms. The summed E-state index contributed by atoms with van der Waals surface area (Å²) < 4.78 is 5.19. The zero-order valence-electron chi connectivity index (χ0n) is 10.7. The molecule has 0 aromatic heterocycles. The smallest absolute Gasteiger partial charge is 0.0900 e. The highest BCUT2D eigenvalue weighted by Gasteiger charge is 2.13. The van der Waals surface area contributed by atoms with Crippen LogP contribution in [0.2, 0.25) is 0 Å². The molecule has 0 amide bonds. The lowest BCUT2D eigenvalue weighted by Gasteiger charge is -2.23. The Kier molecular flexibility index (Phi) is 6.96. The fourth-order valence-electron chi connectivity index (χ4n) is 2.08. The Morgan fingerprint density at radius 3 is 2.69 bits per heavy atom. The van der Waals surface area contributed by atoms with Crippen LogP contribution in [0, 0.1) is 0 Å². The highest BCUT2D eigenvalue weighted by Crippen LogP contribution is 2.06. The zero-order chi connectivity index (χ0) is 11.8. The van der Waals surface area contributed by atoms with E-state index in [0.29, 0.717) is 19.8 Å². The Hall–Kier alpha value is -0.160. The molecule has 1 saturated heterocycles. The Bertz CT molecular complexity index is 172. The molecule has 0 aromatic rings. The molecule has 1 aliphatic rings. The van der Waals surface area contributed by atoms with E-state index in [2.05, 4.69) is 16.8 Å². The summed E-state index contributed by atoms with van der Waals surface area (Å²) in [4.78, 5) is 4.67. The third-order valence-electron chi connectivity index (χ3n) is 3.03. The fraction of sp³-hybridized carbons (Fsp3) is 1.00. The first kappa shape index (κ1) is 13.9. The van der Waals surface area contributed by atoms with Crippen molar-refractivity contribution in [1.82, 2.24) is 9.80 Å². The summed E-state index contributed by atoms with van der Waals surface area (Å²) in [6.07, 6.45) is 2.33. The highest BCUT2D eigenvalue weighted by atomic mass is 16.5. The topological polar surface area (TPSA) is 35.9 Å². The molecule has 1 aliphatic heterocycles. The summed E-state index contributed by atoms with van der Waals surface area (Å²) in [7, 11) is 2.06. The summed E-state index contributed by atoms with van der Waals surface area (Å²) in [5.41, 5.74) is 0. The van der Waals surface area contributed by atoms with E-state index in [0.717, 1.165) is 13.1 Å². The minimum atomic E-state index is -0.358. The summed E-state index contributed by atoms with van der Waals surface area (Å²) >= 11 is 0. The van der Waals surface area contributed by atoms with Gasteiger partial charge in [0.15, 0.2) is 0 Å². The van der Waals surface area contributed by atoms with Gasteiger partial charge in [0.05, 0.1) is 12.7 Å². The van der Waals surface area contributed by atoms with E-state index in [1.54, 1.807) is 0 Å². The number of hydrogen-bond donors (Lipinski definition) is 1. The van der Waals surface area contributed by atoms with Gasteiger partial charge in [-0.2, -0.15) is 0 Å². The van der Waals surface area contributed by atoms with Crippen molar-refractivity contribution in [2.45, 2.75) is 25.9 Å². The minimum absolute atomic E-state index is 0.358. The van der Waals surface area contributed by atoms with Crippen LogP contribution >= 0.6 is 0 Å². The zero-order valence-corrected chi connectivity index (χ0v) is 10.7. The SMILES string of the molecule is CCOCC(O)CN(C)CCN1CCCC1. The van der Waals surface area contributed by atoms with Crippen molar-refractivity contribution in [3.8, 4) is 0 Å². The number of ether oxygens (including phenoxy) is 1. The highest BCUT2D eigenvalue weighted by molar-refractivity contribution is 4.68. The van der Waals surface area contributed by atoms with Crippen molar-refractivity contribution < 1.29 is 9.84 Å². The van der Waals surface area contributed by atoms with Gasteiger partial charge in [-0.15, -0.1) is 0 Å². The molecule has 96 valence electrons. The average Bonchev–Trinajstić information content (AvgIpc) is 2.76. The Morgan fingerprint density at radius 2 is 2.06 bits per heavy atom. The van der Waals surface area contributed by atoms with E-state index in [4.69, 9.17) is 4.74 Å². The van der Waals surface area contributed by atoms with Gasteiger partial charge in [-0.25, -0.2) is 0 Å². The number of rotatable bonds is 8. The molecule has 0 aromatic carbocycles. The third-order valence-corrected chi connectivity index (χ3v) is 3.03. The van der Waals surface area contributed by atoms with Crippen LogP contribution in [0.1, 0.15) is 19.8 Å². The first-order chi connectivity index (χ1) is 7.72. The molecule has 16 heavy (non-hydrogen) atoms. The maximum Gasteiger partial charge on any atom is 0.0900 e. The first-order valence-corrected chi connectivity index (χ1v) is 6.39. The molecule has 1 atom stereocenters. The van der Waals surface area contributed by atoms with Crippen molar-refractivity contribution in [1.29, 1.82) is 0 Å². The van der Waals surface area contributed by atoms with E-state index >= 15 is 0 Å². The second-order valence-corrected chi connectivity index (χ2v) is 4.62. The number of aliphatic hydroxyl groups is 1. The largest absolute Gasteiger partial charge is 0.389 e. The van der Waals surface area contributed by atoms with E-state index in [1.807, 2.05) is 6.92 Å². The Balaban J connectivity index is 2.02. The van der Waals surface area contributed by atoms with Crippen molar-refractivity contribution in [3.05, 3.63) is 0 Å². The molecular formula is C12H26N2O2. The summed E-state index contributed by atoms with van der Waals surface area (Å²) in [6, 6.07) is 0. The first-order valence-electron chi connectivity index (χ1n) is 6.39. The van der Waals surface area contributed by atoms with Crippen LogP contribution in [0.15, 0.2) is 0 Å². The fourth-order valence-corrected chi connectivity index (χ4v) is 2.08. The molecule has 1 unspecified atom stereocenters. The quantitative estimate of drug-likeness (QED) is 0.655. The van der Waals surface area contributed by atoms with Gasteiger partial charge in [-0.3, -0.25) is 0 Å². The van der Waals surface area contributed by atoms with Crippen LogP contribution in [0.25, 0.3) is 0 Å². The summed E-state index contributed by atoms with van der Waals surface area (Å²) in [5, 5.41) is 9.66. The van der Waals surface area contributed by atoms with Crippen molar-refractivity contribution in [2.75, 3.05) is 53.0 Å². The molecule has 1 rings (SSSR count). The molecule has 0 bridgehead atoms. The lowest BCUT2D eigenvalue weighted by molar-refractivity contribution is 0.0245. The van der Waals surface area contributed by atoms with Crippen LogP contribution in [-0.4, -0.2) is 74.0 Å². The number of nitrogens with zero attached hydrogens (tertiary/aromatic N) is 2. The van der Waals surface area contributed by atoms with Crippen molar-refractivity contribution >= 4 is 0 Å². The molecule has 1 fully saturated rings. The molecule has 4 nitrogen and oxygen atoms in total. The van der Waals surface area contributed by atoms with Crippen LogP contribution in [0.5, 0.6) is 0 Å². The molecule has 0 saturated carbocycles. The molecule has 4 heteroatoms. The van der Waals surface area contributed by atoms with Crippen LogP contribution in [-0.2, 0) is 4.74 Å². The summed E-state index contributed by atoms with van der Waals surface area (Å²) in [6.45, 7) is 8.42. The van der Waals surface area contributed by atoms with Crippen LogP contribution < -0.4 is 0 Å². The molecule has 1 N–H and O–H groups in total. The van der Waals surface area contributed by atoms with Gasteiger partial charge in [-0.05, 0) is 39.9 Å². The van der Waals surface area contributed by atoms with Gasteiger partial charge in [0.1, 0.15) is 0 Å². The van der Waals surface area contributed by atoms with Gasteiger partial charge in [0.25, 0.3) is 0 Å². The van der Waals surface area contributed by atoms with Crippen LogP contribution in [0.4, 0.5) is 0 Å². The number of hydrogen-bond acceptors (Lipinski definition) is 4. The maximum absolute atomic E-state index is 9.66. The van der Waals surface area contributed by atoms with Gasteiger partial charge < -0.3 is 19.6 Å². The molecule has 0 radical (unpaired) electrons. The van der Waals surface area contributed by atoms with Crippen molar-refractivity contribution in [2.24, 2.45) is 0 Å². The number of aliphatic hydroxyl groups excluding tert-OH is 1. The predicted molar refractivity (Wildman–Crippen MR) is 65.7 cm³/mol. The molecule has 0 aliphatic carbocycles. The lowest BCUT2D eigenvalue weighted by Crippen LogP contribution is -2.37. The number of likely N-dealkylation sites (tertiary alicyclic amines) is 1. The number of likely N-dealkylation sites (N-methyl/N-ethyl adjacent to an activating group) is 1. The predicted octanol–water partition coefficient (Wildman–Crippen LogP) is 0.411.